The summed E-state index contributed by atoms with van der Waals surface area (Å²) in [6, 6.07) is 3.68. The van der Waals surface area contributed by atoms with Gasteiger partial charge in [0.15, 0.2) is 11.5 Å². The van der Waals surface area contributed by atoms with Crippen LogP contribution in [0, 0.1) is 35.5 Å². The van der Waals surface area contributed by atoms with Crippen molar-refractivity contribution < 1.29 is 44.2 Å². The number of amides is 1. The van der Waals surface area contributed by atoms with Gasteiger partial charge >= 0.3 is 5.97 Å². The number of anilines is 1. The van der Waals surface area contributed by atoms with Gasteiger partial charge in [0.25, 0.3) is 5.91 Å². The summed E-state index contributed by atoms with van der Waals surface area (Å²) in [5, 5.41) is 56.2. The Kier molecular flexibility index (Phi) is 15.0. The lowest BCUT2D eigenvalue weighted by molar-refractivity contribution is -0.160. The fourth-order valence-corrected chi connectivity index (χ4v) is 7.95. The summed E-state index contributed by atoms with van der Waals surface area (Å²) in [4.78, 5) is 31.4. The second-order valence-corrected chi connectivity index (χ2v) is 15.8. The second-order valence-electron chi connectivity index (χ2n) is 15.8. The highest BCUT2D eigenvalue weighted by Gasteiger charge is 2.39. The van der Waals surface area contributed by atoms with Crippen LogP contribution in [0.5, 0.6) is 5.75 Å². The maximum absolute atomic E-state index is 13.9. The van der Waals surface area contributed by atoms with Crippen molar-refractivity contribution in [1.82, 2.24) is 14.4 Å². The number of rotatable bonds is 6. The molecule has 2 aliphatic rings. The molecule has 0 saturated heterocycles. The van der Waals surface area contributed by atoms with Gasteiger partial charge in [-0.15, -0.1) is 0 Å². The number of esters is 1. The average molecular weight is 826 g/mol. The van der Waals surface area contributed by atoms with Gasteiger partial charge in [-0.1, -0.05) is 64.0 Å². The highest BCUT2D eigenvalue weighted by Crippen LogP contribution is 2.33. The number of aliphatic hydroxyl groups is 3. The van der Waals surface area contributed by atoms with Crippen LogP contribution in [0.2, 0.25) is 0 Å². The van der Waals surface area contributed by atoms with Crippen LogP contribution in [-0.2, 0) is 23.8 Å². The molecule has 0 fully saturated rings. The topological polar surface area (TPSA) is 188 Å². The molecule has 14 nitrogen and oxygen atoms in total. The summed E-state index contributed by atoms with van der Waals surface area (Å²) >= 11 is 0. The fraction of sp³-hybridized carbons (Fsp3) is 0.478. The van der Waals surface area contributed by atoms with Gasteiger partial charge in [-0.25, -0.2) is 4.98 Å². The Morgan fingerprint density at radius 2 is 1.82 bits per heavy atom. The van der Waals surface area contributed by atoms with Gasteiger partial charge in [-0.3, -0.25) is 14.0 Å². The maximum Gasteiger partial charge on any atom is 0.302 e. The van der Waals surface area contributed by atoms with Crippen molar-refractivity contribution in [3.8, 4) is 17.6 Å². The Bertz CT molecular complexity index is 2400. The van der Waals surface area contributed by atoms with Gasteiger partial charge in [-0.2, -0.15) is 5.10 Å². The number of fused-ring (bicyclic) bond motifs is 5. The smallest absolute Gasteiger partial charge is 0.302 e. The van der Waals surface area contributed by atoms with E-state index in [4.69, 9.17) is 19.2 Å². The molecular weight excluding hydrogens is 767 g/mol. The van der Waals surface area contributed by atoms with Gasteiger partial charge in [0, 0.05) is 75.4 Å². The normalized spacial score (nSPS) is 29.0. The molecule has 0 radical (unpaired) electrons. The highest BCUT2D eigenvalue weighted by atomic mass is 16.5. The van der Waals surface area contributed by atoms with Crippen LogP contribution in [0.3, 0.4) is 0 Å². The number of phenolic OH excluding ortho intramolecular Hbond substituents is 1. The number of imidazole rings is 1. The largest absolute Gasteiger partial charge is 0.505 e. The number of nitrogens with zero attached hydrogens (tertiary/aromatic N) is 4. The predicted molar refractivity (Wildman–Crippen MR) is 232 cm³/mol. The minimum absolute atomic E-state index is 0.00982. The minimum atomic E-state index is -1.05. The van der Waals surface area contributed by atoms with Crippen molar-refractivity contribution >= 4 is 51.8 Å². The van der Waals surface area contributed by atoms with Gasteiger partial charge < -0.3 is 45.0 Å². The number of allylic oxidation sites excluding steroid dienone is 3. The SMILES string of the molecule is CCN(C)/N=C/c1ccn2c(c1)nc1c3c4c(O)c(c12)NC(=O)/C(C)=C\C=C\[C@H](C)[C@H](O)[C@@H](C)[C@@H](O)[C@@H](C)[C@H](OC(C)=O)[C@H](C)[C@@H](OC)/C=C/CCC=3C(OC)C#CC=4O. The third-order valence-corrected chi connectivity index (χ3v) is 11.7. The third-order valence-electron chi connectivity index (χ3n) is 11.7. The van der Waals surface area contributed by atoms with Crippen LogP contribution in [0.25, 0.3) is 28.0 Å². The molecule has 1 amide bonds. The first kappa shape index (κ1) is 45.6. The van der Waals surface area contributed by atoms with E-state index in [9.17, 15) is 30.0 Å². The molecule has 5 rings (SSSR count). The number of benzene rings is 1. The summed E-state index contributed by atoms with van der Waals surface area (Å²) in [6.07, 6.45) is 8.90. The molecule has 0 saturated carbocycles. The van der Waals surface area contributed by atoms with Gasteiger partial charge in [-0.05, 0) is 55.9 Å². The molecule has 322 valence electrons. The molecule has 5 N–H and O–H groups in total. The lowest BCUT2D eigenvalue weighted by atomic mass is 9.78. The van der Waals surface area contributed by atoms with E-state index in [1.165, 1.54) is 14.0 Å². The Morgan fingerprint density at radius 1 is 1.08 bits per heavy atom. The van der Waals surface area contributed by atoms with Crippen molar-refractivity contribution in [3.63, 3.8) is 0 Å². The maximum atomic E-state index is 13.9. The van der Waals surface area contributed by atoms with Gasteiger partial charge in [0.2, 0.25) is 0 Å². The number of nitrogens with one attached hydrogen (secondary N) is 1. The number of carbonyl (C=O) groups is 2. The minimum Gasteiger partial charge on any atom is -0.505 e. The molecule has 1 unspecified atom stereocenters. The van der Waals surface area contributed by atoms with Crippen LogP contribution in [0.15, 0.2) is 59.4 Å². The van der Waals surface area contributed by atoms with Crippen molar-refractivity contribution in [2.24, 2.45) is 28.8 Å². The Hall–Kier alpha value is -5.46. The number of pyridine rings is 1. The molecule has 60 heavy (non-hydrogen) atoms. The third kappa shape index (κ3) is 9.61. The van der Waals surface area contributed by atoms with Gasteiger partial charge in [0.05, 0.1) is 29.7 Å². The summed E-state index contributed by atoms with van der Waals surface area (Å²) in [5.74, 6) is 1.82. The summed E-state index contributed by atoms with van der Waals surface area (Å²) in [7, 11) is 4.94. The zero-order chi connectivity index (χ0) is 44.0. The first-order valence-corrected chi connectivity index (χ1v) is 20.4. The van der Waals surface area contributed by atoms with E-state index in [1.807, 2.05) is 45.2 Å². The van der Waals surface area contributed by atoms with Crippen LogP contribution in [0.4, 0.5) is 5.69 Å². The van der Waals surface area contributed by atoms with E-state index in [2.05, 4.69) is 22.3 Å². The summed E-state index contributed by atoms with van der Waals surface area (Å²) < 4.78 is 19.4. The lowest BCUT2D eigenvalue weighted by Crippen LogP contribution is -2.46. The second kappa shape index (κ2) is 19.7. The number of methoxy groups -OCH3 is 2. The molecular formula is C46H59N5O9. The van der Waals surface area contributed by atoms with Crippen molar-refractivity contribution in [1.29, 1.82) is 0 Å². The highest BCUT2D eigenvalue weighted by molar-refractivity contribution is 6.10. The summed E-state index contributed by atoms with van der Waals surface area (Å²) in [5.41, 5.74) is 2.96. The number of aromatic hydroxyl groups is 1. The van der Waals surface area contributed by atoms with Crippen molar-refractivity contribution in [2.75, 3.05) is 33.1 Å². The molecule has 4 bridgehead atoms. The molecule has 14 heteroatoms. The number of hydrogen-bond acceptors (Lipinski definition) is 12. The standard InChI is InChI=1S/C46H59N5O9/c1-11-50(8)47-24-31-21-22-51-36(23-31)48-39-37-32-17-12-13-18-34(58-9)27(4)45(60-30(7)52)29(6)43(55)28(5)42(54)25(2)15-14-16-26(3)46(57)49-40(41(39)51)44(56)38(37)33(53)19-20-35(32)59-10/h13-16,18,21-25,27-29,34-35,42-43,45,53-56H,11-12,17H2,1-10H3,(H,49,57)/b15-14+,18-13+,26-16-,47-24+/t25-,27+,28+,29+,34-,35?,42-,43+,45+/m0/s1. The molecule has 3 heterocycles. The molecule has 2 aromatic heterocycles. The molecule has 9 atom stereocenters. The van der Waals surface area contributed by atoms with E-state index in [-0.39, 0.29) is 16.5 Å². The zero-order valence-electron chi connectivity index (χ0n) is 36.1. The first-order chi connectivity index (χ1) is 28.5. The number of carbonyl (C=O) groups excluding carboxylic acids is 2. The molecule has 3 aromatic rings. The summed E-state index contributed by atoms with van der Waals surface area (Å²) in [6.45, 7) is 12.9. The van der Waals surface area contributed by atoms with Crippen molar-refractivity contribution in [2.45, 2.75) is 91.8 Å². The number of hydrogen-bond donors (Lipinski definition) is 5. The quantitative estimate of drug-likeness (QED) is 0.0595. The van der Waals surface area contributed by atoms with E-state index in [0.29, 0.717) is 46.9 Å². The van der Waals surface area contributed by atoms with Crippen LogP contribution < -0.4 is 15.8 Å². The molecule has 1 aliphatic carbocycles. The Balaban J connectivity index is 1.79. The number of phenols is 1. The van der Waals surface area contributed by atoms with Crippen molar-refractivity contribution in [3.05, 3.63) is 70.3 Å². The fourth-order valence-electron chi connectivity index (χ4n) is 7.95. The van der Waals surface area contributed by atoms with E-state index < -0.39 is 77.6 Å². The Labute approximate surface area is 351 Å². The molecule has 1 aromatic carbocycles. The van der Waals surface area contributed by atoms with Crippen LogP contribution in [0.1, 0.15) is 66.9 Å². The van der Waals surface area contributed by atoms with Crippen LogP contribution >= 0.6 is 0 Å². The van der Waals surface area contributed by atoms with E-state index in [0.717, 1.165) is 5.56 Å². The zero-order valence-corrected chi connectivity index (χ0v) is 36.1. The Morgan fingerprint density at radius 3 is 2.48 bits per heavy atom. The average Bonchev–Trinajstić information content (AvgIpc) is 3.54. The monoisotopic (exact) mass is 825 g/mol. The van der Waals surface area contributed by atoms with Crippen LogP contribution in [-0.4, -0.2) is 111 Å². The number of aromatic nitrogens is 2. The molecule has 1 aliphatic heterocycles. The number of ether oxygens (including phenoxy) is 3. The number of aliphatic hydroxyl groups excluding tert-OH is 3. The predicted octanol–water partition coefficient (Wildman–Crippen LogP) is 4.33. The lowest BCUT2D eigenvalue weighted by Gasteiger charge is -2.38. The molecule has 0 spiro atoms. The van der Waals surface area contributed by atoms with E-state index in [1.54, 1.807) is 74.9 Å². The van der Waals surface area contributed by atoms with Gasteiger partial charge in [0.1, 0.15) is 34.6 Å². The number of hydrazone groups is 1. The first-order valence-electron chi connectivity index (χ1n) is 20.4. The van der Waals surface area contributed by atoms with E-state index >= 15 is 0 Å².